The fourth-order valence-electron chi connectivity index (χ4n) is 4.87. The molecule has 0 fully saturated rings. The van der Waals surface area contributed by atoms with Crippen LogP contribution in [0.4, 0.5) is 5.82 Å². The summed E-state index contributed by atoms with van der Waals surface area (Å²) in [5, 5.41) is 18.4. The molecule has 9 heteroatoms. The number of aliphatic hydroxyl groups is 1. The quantitative estimate of drug-likeness (QED) is 0.205. The maximum absolute atomic E-state index is 10.7. The molecule has 0 radical (unpaired) electrons. The molecule has 0 amide bonds. The third-order valence-corrected chi connectivity index (χ3v) is 8.41. The van der Waals surface area contributed by atoms with Gasteiger partial charge < -0.3 is 15.8 Å². The lowest BCUT2D eigenvalue weighted by atomic mass is 9.87. The Kier molecular flexibility index (Phi) is 6.57. The monoisotopic (exact) mass is 531 g/mol. The first-order valence-electron chi connectivity index (χ1n) is 12.9. The largest absolute Gasteiger partial charge is 0.390 e. The van der Waals surface area contributed by atoms with Crippen molar-refractivity contribution in [1.82, 2.24) is 30.0 Å². The summed E-state index contributed by atoms with van der Waals surface area (Å²) in [4.78, 5) is 16.1. The van der Waals surface area contributed by atoms with Crippen LogP contribution in [0.15, 0.2) is 36.5 Å². The van der Waals surface area contributed by atoms with E-state index in [9.17, 15) is 5.11 Å². The highest BCUT2D eigenvalue weighted by Gasteiger charge is 2.25. The highest BCUT2D eigenvalue weighted by atomic mass is 32.1. The van der Waals surface area contributed by atoms with Crippen LogP contribution in [0.3, 0.4) is 0 Å². The summed E-state index contributed by atoms with van der Waals surface area (Å²) >= 11 is 1.64. The Bertz CT molecular complexity index is 1600. The van der Waals surface area contributed by atoms with Crippen LogP contribution in [0.2, 0.25) is 0 Å². The molecule has 38 heavy (non-hydrogen) atoms. The van der Waals surface area contributed by atoms with Gasteiger partial charge in [-0.25, -0.2) is 9.97 Å². The normalized spacial score (nSPS) is 13.7. The van der Waals surface area contributed by atoms with Crippen LogP contribution in [-0.2, 0) is 13.0 Å². The average molecular weight is 532 g/mol. The maximum Gasteiger partial charge on any atom is 0.160 e. The number of benzene rings is 1. The number of nitrogens with one attached hydrogen (secondary N) is 2. The van der Waals surface area contributed by atoms with Crippen LogP contribution in [0.5, 0.6) is 0 Å². The van der Waals surface area contributed by atoms with E-state index in [1.54, 1.807) is 17.5 Å². The van der Waals surface area contributed by atoms with Crippen LogP contribution in [-0.4, -0.2) is 53.8 Å². The number of hydrogen-bond acceptors (Lipinski definition) is 7. The number of fused-ring (bicyclic) bond motifs is 2. The Balaban J connectivity index is 1.56. The molecule has 0 saturated heterocycles. The number of aromatic amines is 2. The van der Waals surface area contributed by atoms with Gasteiger partial charge >= 0.3 is 0 Å². The highest BCUT2D eigenvalue weighted by molar-refractivity contribution is 7.22. The number of nitrogen functional groups attached to an aromatic ring is 1. The van der Waals surface area contributed by atoms with Crippen molar-refractivity contribution in [2.24, 2.45) is 5.41 Å². The molecule has 200 valence electrons. The van der Waals surface area contributed by atoms with Crippen molar-refractivity contribution in [2.75, 3.05) is 12.8 Å². The summed E-state index contributed by atoms with van der Waals surface area (Å²) < 4.78 is 1.03. The first-order chi connectivity index (χ1) is 17.8. The lowest BCUT2D eigenvalue weighted by Crippen LogP contribution is -2.38. The fourth-order valence-corrected chi connectivity index (χ4v) is 5.96. The van der Waals surface area contributed by atoms with E-state index in [2.05, 4.69) is 78.0 Å². The smallest absolute Gasteiger partial charge is 0.160 e. The molecule has 5 rings (SSSR count). The van der Waals surface area contributed by atoms with E-state index in [0.29, 0.717) is 24.1 Å². The van der Waals surface area contributed by atoms with E-state index in [-0.39, 0.29) is 5.41 Å². The van der Waals surface area contributed by atoms with Crippen molar-refractivity contribution >= 4 is 38.4 Å². The van der Waals surface area contributed by atoms with Crippen molar-refractivity contribution in [3.05, 3.63) is 47.7 Å². The first-order valence-corrected chi connectivity index (χ1v) is 13.7. The molecule has 5 N–H and O–H groups in total. The van der Waals surface area contributed by atoms with Gasteiger partial charge in [-0.2, -0.15) is 5.10 Å². The van der Waals surface area contributed by atoms with E-state index < -0.39 is 5.60 Å². The van der Waals surface area contributed by atoms with E-state index in [1.807, 2.05) is 26.0 Å². The average Bonchev–Trinajstić information content (AvgIpc) is 3.50. The summed E-state index contributed by atoms with van der Waals surface area (Å²) in [6.07, 6.45) is 2.22. The summed E-state index contributed by atoms with van der Waals surface area (Å²) in [6.45, 7) is 13.5. The van der Waals surface area contributed by atoms with E-state index >= 15 is 0 Å². The van der Waals surface area contributed by atoms with Crippen molar-refractivity contribution in [2.45, 2.75) is 66.2 Å². The Hall–Kier alpha value is -3.27. The first kappa shape index (κ1) is 26.3. The van der Waals surface area contributed by atoms with Gasteiger partial charge in [0, 0.05) is 30.1 Å². The number of aromatic nitrogens is 5. The lowest BCUT2D eigenvalue weighted by Gasteiger charge is -2.35. The predicted molar refractivity (Wildman–Crippen MR) is 157 cm³/mol. The SMILES string of the molecule is CC(N(C)Cc1cc(CC(C)(C)O)c2nc(-c3n[nH]c4cc(-c5ccnc(N)c5)sc34)[nH]c2c1)C(C)(C)C. The molecule has 4 aromatic heterocycles. The van der Waals surface area contributed by atoms with E-state index in [0.717, 1.165) is 49.5 Å². The Morgan fingerprint density at radius 1 is 1.11 bits per heavy atom. The minimum absolute atomic E-state index is 0.169. The Morgan fingerprint density at radius 2 is 1.87 bits per heavy atom. The van der Waals surface area contributed by atoms with Gasteiger partial charge in [0.2, 0.25) is 0 Å². The van der Waals surface area contributed by atoms with E-state index in [4.69, 9.17) is 10.7 Å². The summed E-state index contributed by atoms with van der Waals surface area (Å²) in [7, 11) is 2.17. The molecule has 0 saturated carbocycles. The molecule has 0 aliphatic carbocycles. The second-order valence-corrected chi connectivity index (χ2v) is 13.1. The van der Waals surface area contributed by atoms with Gasteiger partial charge in [-0.05, 0) is 74.2 Å². The van der Waals surface area contributed by atoms with Crippen LogP contribution in [0, 0.1) is 5.41 Å². The number of nitrogens with two attached hydrogens (primary N) is 1. The Morgan fingerprint density at radius 3 is 2.55 bits per heavy atom. The van der Waals surface area contributed by atoms with Crippen molar-refractivity contribution < 1.29 is 5.11 Å². The molecule has 0 bridgehead atoms. The molecule has 0 aliphatic rings. The molecular formula is C29H37N7OS. The molecule has 0 spiro atoms. The second kappa shape index (κ2) is 9.48. The number of pyridine rings is 1. The highest BCUT2D eigenvalue weighted by Crippen LogP contribution is 2.38. The van der Waals surface area contributed by atoms with Gasteiger partial charge in [0.15, 0.2) is 5.82 Å². The van der Waals surface area contributed by atoms with Crippen molar-refractivity contribution in [1.29, 1.82) is 0 Å². The van der Waals surface area contributed by atoms with Gasteiger partial charge in [-0.3, -0.25) is 10.00 Å². The van der Waals surface area contributed by atoms with Crippen molar-refractivity contribution in [3.8, 4) is 22.0 Å². The molecule has 1 atom stereocenters. The maximum atomic E-state index is 10.7. The molecule has 0 aliphatic heterocycles. The summed E-state index contributed by atoms with van der Waals surface area (Å²) in [5.74, 6) is 1.20. The molecule has 5 aromatic rings. The van der Waals surface area contributed by atoms with Gasteiger partial charge in [-0.15, -0.1) is 11.3 Å². The number of imidazole rings is 1. The number of hydrogen-bond donors (Lipinski definition) is 4. The molecule has 1 aromatic carbocycles. The standard InChI is InChI=1S/C29H37N7OS/c1-16(28(2,3)4)36(7)15-17-10-19(14-29(5,6)37)24-20(11-17)32-27(33-24)25-26-21(34-35-25)13-22(38-26)18-8-9-31-23(30)12-18/h8-13,16,37H,14-15H2,1-7H3,(H2,30,31)(H,32,33)(H,34,35). The predicted octanol–water partition coefficient (Wildman–Crippen LogP) is 5.99. The number of thiophene rings is 1. The molecule has 1 unspecified atom stereocenters. The molecule has 8 nitrogen and oxygen atoms in total. The van der Waals surface area contributed by atoms with Crippen LogP contribution in [0.1, 0.15) is 52.7 Å². The van der Waals surface area contributed by atoms with Crippen molar-refractivity contribution in [3.63, 3.8) is 0 Å². The van der Waals surface area contributed by atoms with Gasteiger partial charge in [0.25, 0.3) is 0 Å². The van der Waals surface area contributed by atoms with Crippen LogP contribution in [0.25, 0.3) is 43.2 Å². The topological polar surface area (TPSA) is 120 Å². The summed E-state index contributed by atoms with van der Waals surface area (Å²) in [6, 6.07) is 10.7. The van der Waals surface area contributed by atoms with Gasteiger partial charge in [0.1, 0.15) is 11.5 Å². The van der Waals surface area contributed by atoms with Crippen LogP contribution < -0.4 is 5.73 Å². The lowest BCUT2D eigenvalue weighted by molar-refractivity contribution is 0.0812. The Labute approximate surface area is 227 Å². The molecular weight excluding hydrogens is 494 g/mol. The molecule has 4 heterocycles. The minimum atomic E-state index is -0.857. The van der Waals surface area contributed by atoms with Gasteiger partial charge in [0.05, 0.1) is 26.9 Å². The zero-order valence-corrected chi connectivity index (χ0v) is 24.0. The third-order valence-electron chi connectivity index (χ3n) is 7.22. The van der Waals surface area contributed by atoms with Gasteiger partial charge in [-0.1, -0.05) is 26.8 Å². The second-order valence-electron chi connectivity index (χ2n) is 12.1. The number of H-pyrrole nitrogens is 2. The minimum Gasteiger partial charge on any atom is -0.390 e. The number of rotatable bonds is 7. The number of anilines is 1. The summed E-state index contributed by atoms with van der Waals surface area (Å²) in [5.41, 5.74) is 12.0. The number of nitrogens with zero attached hydrogens (tertiary/aromatic N) is 4. The van der Waals surface area contributed by atoms with E-state index in [1.165, 1.54) is 5.56 Å². The zero-order chi connectivity index (χ0) is 27.4. The fraction of sp³-hybridized carbons (Fsp3) is 0.414. The zero-order valence-electron chi connectivity index (χ0n) is 23.2. The van der Waals surface area contributed by atoms with Crippen LogP contribution >= 0.6 is 11.3 Å². The third kappa shape index (κ3) is 5.32.